The van der Waals surface area contributed by atoms with E-state index in [-0.39, 0.29) is 24.1 Å². The van der Waals surface area contributed by atoms with Gasteiger partial charge < -0.3 is 25.0 Å². The molecule has 1 saturated heterocycles. The molecular weight excluding hydrogens is 458 g/mol. The summed E-state index contributed by atoms with van der Waals surface area (Å²) < 4.78 is 10.9. The number of rotatable bonds is 8. The fourth-order valence-electron chi connectivity index (χ4n) is 4.13. The van der Waals surface area contributed by atoms with Gasteiger partial charge in [-0.15, -0.1) is 0 Å². The minimum absolute atomic E-state index is 0.0563. The van der Waals surface area contributed by atoms with Gasteiger partial charge in [0.05, 0.1) is 31.5 Å². The molecule has 1 atom stereocenters. The average molecular weight is 488 g/mol. The lowest BCUT2D eigenvalue weighted by Crippen LogP contribution is -2.28. The van der Waals surface area contributed by atoms with E-state index in [1.54, 1.807) is 41.3 Å². The largest absolute Gasteiger partial charge is 0.494 e. The average Bonchev–Trinajstić information content (AvgIpc) is 3.26. The van der Waals surface area contributed by atoms with Crippen molar-refractivity contribution in [2.24, 2.45) is 5.92 Å². The van der Waals surface area contributed by atoms with Crippen LogP contribution in [0.5, 0.6) is 11.5 Å². The first-order valence-corrected chi connectivity index (χ1v) is 11.6. The number of carbonyl (C=O) groups is 3. The lowest BCUT2D eigenvalue weighted by molar-refractivity contribution is -0.128. The number of ether oxygens (including phenoxy) is 2. The predicted octanol–water partition coefficient (Wildman–Crippen LogP) is 4.25. The van der Waals surface area contributed by atoms with Gasteiger partial charge in [-0.1, -0.05) is 48.0 Å². The van der Waals surface area contributed by atoms with Crippen LogP contribution < -0.4 is 20.1 Å². The van der Waals surface area contributed by atoms with E-state index in [9.17, 15) is 14.4 Å². The van der Waals surface area contributed by atoms with Gasteiger partial charge >= 0.3 is 0 Å². The lowest BCUT2D eigenvalue weighted by atomic mass is 10.1. The van der Waals surface area contributed by atoms with Gasteiger partial charge in [0, 0.05) is 37.2 Å². The van der Waals surface area contributed by atoms with Crippen molar-refractivity contribution >= 4 is 29.1 Å². The van der Waals surface area contributed by atoms with Crippen LogP contribution in [0.2, 0.25) is 0 Å². The van der Waals surface area contributed by atoms with Gasteiger partial charge in [0.15, 0.2) is 0 Å². The number of hydrogen-bond acceptors (Lipinski definition) is 5. The highest BCUT2D eigenvalue weighted by atomic mass is 16.5. The maximum absolute atomic E-state index is 13.1. The van der Waals surface area contributed by atoms with E-state index in [1.807, 2.05) is 37.3 Å². The van der Waals surface area contributed by atoms with Crippen LogP contribution in [0.3, 0.4) is 0 Å². The molecule has 3 aromatic carbocycles. The van der Waals surface area contributed by atoms with E-state index in [4.69, 9.17) is 9.47 Å². The van der Waals surface area contributed by atoms with Crippen molar-refractivity contribution in [1.29, 1.82) is 0 Å². The minimum Gasteiger partial charge on any atom is -0.494 e. The molecule has 186 valence electrons. The van der Waals surface area contributed by atoms with E-state index >= 15 is 0 Å². The van der Waals surface area contributed by atoms with Gasteiger partial charge in [-0.2, -0.15) is 0 Å². The number of likely N-dealkylation sites (tertiary alicyclic amines) is 1. The molecule has 0 unspecified atom stereocenters. The Balaban J connectivity index is 1.46. The first kappa shape index (κ1) is 24.8. The van der Waals surface area contributed by atoms with Crippen LogP contribution in [0.15, 0.2) is 66.7 Å². The van der Waals surface area contributed by atoms with Crippen LogP contribution >= 0.6 is 0 Å². The van der Waals surface area contributed by atoms with Crippen molar-refractivity contribution in [2.45, 2.75) is 19.9 Å². The van der Waals surface area contributed by atoms with Crippen LogP contribution in [-0.4, -0.2) is 43.4 Å². The van der Waals surface area contributed by atoms with Crippen molar-refractivity contribution in [3.05, 3.63) is 83.4 Å². The molecular formula is C28H29N3O5. The van der Waals surface area contributed by atoms with Gasteiger partial charge in [0.25, 0.3) is 5.91 Å². The third kappa shape index (κ3) is 5.66. The van der Waals surface area contributed by atoms with Crippen molar-refractivity contribution in [1.82, 2.24) is 4.90 Å². The summed E-state index contributed by atoms with van der Waals surface area (Å²) >= 11 is 0. The SMILES string of the molecule is COc1cc(NC(=O)[C@@H]2CC(=O)N(Cc3ccc(C)cc3)C2)c(OC)cc1NC(=O)c1ccccc1. The molecule has 3 amide bonds. The molecule has 2 N–H and O–H groups in total. The number of benzene rings is 3. The highest BCUT2D eigenvalue weighted by Crippen LogP contribution is 2.37. The van der Waals surface area contributed by atoms with Gasteiger partial charge in [-0.3, -0.25) is 14.4 Å². The molecule has 8 heteroatoms. The van der Waals surface area contributed by atoms with Crippen LogP contribution in [-0.2, 0) is 16.1 Å². The summed E-state index contributed by atoms with van der Waals surface area (Å²) in [6, 6.07) is 20.0. The molecule has 1 aliphatic heterocycles. The standard InChI is InChI=1S/C28H29N3O5/c1-18-9-11-19(12-10-18)16-31-17-21(13-26(31)32)28(34)30-23-15-24(35-2)22(14-25(23)36-3)29-27(33)20-7-5-4-6-8-20/h4-12,14-15,21H,13,16-17H2,1-3H3,(H,29,33)(H,30,34)/t21-/m1/s1. The molecule has 1 aliphatic rings. The Kier molecular flexibility index (Phi) is 7.53. The lowest BCUT2D eigenvalue weighted by Gasteiger charge is -2.18. The smallest absolute Gasteiger partial charge is 0.255 e. The number of anilines is 2. The zero-order valence-electron chi connectivity index (χ0n) is 20.5. The second-order valence-electron chi connectivity index (χ2n) is 8.72. The Hall–Kier alpha value is -4.33. The third-order valence-corrected chi connectivity index (χ3v) is 6.14. The topological polar surface area (TPSA) is 97.0 Å². The van der Waals surface area contributed by atoms with Crippen molar-refractivity contribution in [2.75, 3.05) is 31.4 Å². The second kappa shape index (κ2) is 10.9. The molecule has 8 nitrogen and oxygen atoms in total. The van der Waals surface area contributed by atoms with E-state index < -0.39 is 5.92 Å². The maximum Gasteiger partial charge on any atom is 0.255 e. The maximum atomic E-state index is 13.1. The summed E-state index contributed by atoms with van der Waals surface area (Å²) in [6.07, 6.45) is 0.141. The quantitative estimate of drug-likeness (QED) is 0.495. The summed E-state index contributed by atoms with van der Waals surface area (Å²) in [5.74, 6) is -0.412. The number of nitrogens with zero attached hydrogens (tertiary/aromatic N) is 1. The van der Waals surface area contributed by atoms with Crippen molar-refractivity contribution < 1.29 is 23.9 Å². The van der Waals surface area contributed by atoms with Gasteiger partial charge in [0.1, 0.15) is 11.5 Å². The Morgan fingerprint density at radius 1 is 0.917 bits per heavy atom. The first-order chi connectivity index (χ1) is 17.4. The number of hydrogen-bond donors (Lipinski definition) is 2. The Labute approximate surface area is 210 Å². The molecule has 36 heavy (non-hydrogen) atoms. The molecule has 3 aromatic rings. The number of methoxy groups -OCH3 is 2. The van der Waals surface area contributed by atoms with Crippen molar-refractivity contribution in [3.63, 3.8) is 0 Å². The van der Waals surface area contributed by atoms with Gasteiger partial charge in [-0.05, 0) is 24.6 Å². The van der Waals surface area contributed by atoms with E-state index in [1.165, 1.54) is 14.2 Å². The van der Waals surface area contributed by atoms with Gasteiger partial charge in [-0.25, -0.2) is 0 Å². The highest BCUT2D eigenvalue weighted by Gasteiger charge is 2.34. The minimum atomic E-state index is -0.490. The molecule has 0 aliphatic carbocycles. The monoisotopic (exact) mass is 487 g/mol. The number of amides is 3. The summed E-state index contributed by atoms with van der Waals surface area (Å²) in [5.41, 5.74) is 3.47. The first-order valence-electron chi connectivity index (χ1n) is 11.6. The molecule has 1 fully saturated rings. The zero-order chi connectivity index (χ0) is 25.7. The fraction of sp³-hybridized carbons (Fsp3) is 0.250. The highest BCUT2D eigenvalue weighted by molar-refractivity contribution is 6.06. The van der Waals surface area contributed by atoms with E-state index in [0.717, 1.165) is 11.1 Å². The second-order valence-corrected chi connectivity index (χ2v) is 8.72. The molecule has 0 radical (unpaired) electrons. The third-order valence-electron chi connectivity index (χ3n) is 6.14. The van der Waals surface area contributed by atoms with Crippen LogP contribution in [0, 0.1) is 12.8 Å². The molecule has 0 spiro atoms. The Morgan fingerprint density at radius 3 is 2.14 bits per heavy atom. The van der Waals surface area contributed by atoms with Crippen LogP contribution in [0.1, 0.15) is 27.9 Å². The van der Waals surface area contributed by atoms with E-state index in [0.29, 0.717) is 41.5 Å². The normalized spacial score (nSPS) is 14.9. The summed E-state index contributed by atoms with van der Waals surface area (Å²) in [7, 11) is 2.95. The van der Waals surface area contributed by atoms with Crippen LogP contribution in [0.25, 0.3) is 0 Å². The molecule has 0 saturated carbocycles. The Morgan fingerprint density at radius 2 is 1.53 bits per heavy atom. The zero-order valence-corrected chi connectivity index (χ0v) is 20.5. The van der Waals surface area contributed by atoms with Crippen molar-refractivity contribution in [3.8, 4) is 11.5 Å². The van der Waals surface area contributed by atoms with E-state index in [2.05, 4.69) is 10.6 Å². The predicted molar refractivity (Wildman–Crippen MR) is 137 cm³/mol. The van der Waals surface area contributed by atoms with Crippen LogP contribution in [0.4, 0.5) is 11.4 Å². The summed E-state index contributed by atoms with van der Waals surface area (Å²) in [6.45, 7) is 2.82. The Bertz CT molecular complexity index is 1260. The van der Waals surface area contributed by atoms with Gasteiger partial charge in [0.2, 0.25) is 11.8 Å². The molecule has 4 rings (SSSR count). The number of aryl methyl sites for hydroxylation is 1. The molecule has 0 aromatic heterocycles. The summed E-state index contributed by atoms with van der Waals surface area (Å²) in [5, 5.41) is 5.69. The number of nitrogens with one attached hydrogen (secondary N) is 2. The summed E-state index contributed by atoms with van der Waals surface area (Å²) in [4.78, 5) is 39.9. The molecule has 1 heterocycles. The molecule has 0 bridgehead atoms. The number of carbonyl (C=O) groups excluding carboxylic acids is 3. The fourth-order valence-corrected chi connectivity index (χ4v) is 4.13.